The molecule has 0 aromatic carbocycles. The quantitative estimate of drug-likeness (QED) is 0.473. The first-order chi connectivity index (χ1) is 11.1. The van der Waals surface area contributed by atoms with Crippen molar-refractivity contribution in [1.29, 1.82) is 0 Å². The van der Waals surface area contributed by atoms with Crippen LogP contribution in [0, 0.1) is 0 Å². The van der Waals surface area contributed by atoms with E-state index in [4.69, 9.17) is 23.7 Å². The summed E-state index contributed by atoms with van der Waals surface area (Å²) < 4.78 is 25.0. The number of esters is 4. The lowest BCUT2D eigenvalue weighted by molar-refractivity contribution is -0.184. The van der Waals surface area contributed by atoms with E-state index in [0.717, 1.165) is 27.7 Å². The highest BCUT2D eigenvalue weighted by Gasteiger charge is 2.52. The molecule has 4 unspecified atom stereocenters. The van der Waals surface area contributed by atoms with E-state index >= 15 is 0 Å². The zero-order chi connectivity index (χ0) is 18.4. The number of ether oxygens (including phenoxy) is 5. The third-order valence-corrected chi connectivity index (χ3v) is 2.96. The van der Waals surface area contributed by atoms with Crippen molar-refractivity contribution >= 4 is 23.9 Å². The molecular formula is C14H20O10. The van der Waals surface area contributed by atoms with Gasteiger partial charge in [-0.1, -0.05) is 0 Å². The third-order valence-electron chi connectivity index (χ3n) is 2.96. The Labute approximate surface area is 137 Å². The van der Waals surface area contributed by atoms with Crippen LogP contribution in [0.5, 0.6) is 0 Å². The molecule has 0 aromatic rings. The third kappa shape index (κ3) is 5.78. The van der Waals surface area contributed by atoms with Crippen LogP contribution in [0.4, 0.5) is 0 Å². The molecule has 1 aliphatic heterocycles. The minimum Gasteiger partial charge on any atom is -0.462 e. The van der Waals surface area contributed by atoms with Gasteiger partial charge < -0.3 is 28.8 Å². The predicted molar refractivity (Wildman–Crippen MR) is 74.2 cm³/mol. The van der Waals surface area contributed by atoms with Crippen molar-refractivity contribution in [2.75, 3.05) is 6.61 Å². The van der Waals surface area contributed by atoms with Crippen LogP contribution in [0.1, 0.15) is 27.7 Å². The highest BCUT2D eigenvalue weighted by atomic mass is 16.7. The summed E-state index contributed by atoms with van der Waals surface area (Å²) in [5.41, 5.74) is 0. The van der Waals surface area contributed by atoms with Crippen LogP contribution >= 0.6 is 0 Å². The summed E-state index contributed by atoms with van der Waals surface area (Å²) in [6.07, 6.45) is -6.55. The largest absolute Gasteiger partial charge is 0.462 e. The Morgan fingerprint density at radius 3 is 1.92 bits per heavy atom. The summed E-state index contributed by atoms with van der Waals surface area (Å²) in [4.78, 5) is 44.7. The smallest absolute Gasteiger partial charge is 0.303 e. The number of aliphatic hydroxyl groups excluding tert-OH is 1. The molecule has 0 amide bonds. The maximum absolute atomic E-state index is 11.3. The number of carbonyl (C=O) groups is 4. The topological polar surface area (TPSA) is 135 Å². The molecule has 1 N–H and O–H groups in total. The highest BCUT2D eigenvalue weighted by Crippen LogP contribution is 2.29. The van der Waals surface area contributed by atoms with Crippen LogP contribution in [0.15, 0.2) is 0 Å². The van der Waals surface area contributed by atoms with Crippen LogP contribution in [0.3, 0.4) is 0 Å². The summed E-state index contributed by atoms with van der Waals surface area (Å²) in [7, 11) is 0. The van der Waals surface area contributed by atoms with Gasteiger partial charge >= 0.3 is 23.9 Å². The standard InChI is InChI=1S/C14H20O10/c1-6(15)20-5-10(21-7(2)16)11-12(22-8(3)17)13(14(19)24-11)23-9(4)18/h10-14,19H,5H2,1-4H3/t10?,11?,12?,13-,14?/m1/s1. The molecule has 1 fully saturated rings. The van der Waals surface area contributed by atoms with E-state index < -0.39 is 61.2 Å². The Morgan fingerprint density at radius 1 is 0.917 bits per heavy atom. The van der Waals surface area contributed by atoms with Crippen LogP contribution < -0.4 is 0 Å². The van der Waals surface area contributed by atoms with Gasteiger partial charge in [-0.3, -0.25) is 19.2 Å². The van der Waals surface area contributed by atoms with E-state index in [2.05, 4.69) is 0 Å². The fourth-order valence-electron chi connectivity index (χ4n) is 2.22. The molecule has 10 heteroatoms. The van der Waals surface area contributed by atoms with Gasteiger partial charge in [-0.15, -0.1) is 0 Å². The number of carbonyl (C=O) groups excluding carboxylic acids is 4. The zero-order valence-corrected chi connectivity index (χ0v) is 13.7. The second-order valence-electron chi connectivity index (χ2n) is 5.09. The maximum Gasteiger partial charge on any atom is 0.303 e. The molecule has 136 valence electrons. The summed E-state index contributed by atoms with van der Waals surface area (Å²) in [5, 5.41) is 9.91. The van der Waals surface area contributed by atoms with Gasteiger partial charge in [-0.25, -0.2) is 0 Å². The second kappa shape index (κ2) is 8.60. The molecule has 0 aliphatic carbocycles. The molecule has 10 nitrogen and oxygen atoms in total. The molecule has 0 radical (unpaired) electrons. The summed E-state index contributed by atoms with van der Waals surface area (Å²) in [5.74, 6) is -2.80. The van der Waals surface area contributed by atoms with Gasteiger partial charge in [0.15, 0.2) is 24.6 Å². The SMILES string of the molecule is CC(=O)OCC(OC(C)=O)C1OC(O)[C@H](OC(C)=O)C1OC(C)=O. The van der Waals surface area contributed by atoms with Gasteiger partial charge in [-0.2, -0.15) is 0 Å². The molecule has 0 aromatic heterocycles. The van der Waals surface area contributed by atoms with Crippen molar-refractivity contribution in [3.63, 3.8) is 0 Å². The van der Waals surface area contributed by atoms with Gasteiger partial charge in [0, 0.05) is 27.7 Å². The Morgan fingerprint density at radius 2 is 1.46 bits per heavy atom. The summed E-state index contributed by atoms with van der Waals surface area (Å²) in [6.45, 7) is 4.10. The molecule has 0 spiro atoms. The van der Waals surface area contributed by atoms with E-state index in [9.17, 15) is 24.3 Å². The van der Waals surface area contributed by atoms with E-state index in [-0.39, 0.29) is 0 Å². The van der Waals surface area contributed by atoms with E-state index in [1.54, 1.807) is 0 Å². The molecule has 1 aliphatic rings. The monoisotopic (exact) mass is 348 g/mol. The van der Waals surface area contributed by atoms with Gasteiger partial charge in [-0.05, 0) is 0 Å². The van der Waals surface area contributed by atoms with Crippen molar-refractivity contribution in [2.24, 2.45) is 0 Å². The Balaban J connectivity index is 3.03. The average Bonchev–Trinajstić information content (AvgIpc) is 2.70. The van der Waals surface area contributed by atoms with Gasteiger partial charge in [0.05, 0.1) is 0 Å². The zero-order valence-electron chi connectivity index (χ0n) is 13.7. The minimum absolute atomic E-state index is 0.392. The van der Waals surface area contributed by atoms with Crippen LogP contribution in [0.25, 0.3) is 0 Å². The fourth-order valence-corrected chi connectivity index (χ4v) is 2.22. The first-order valence-electron chi connectivity index (χ1n) is 7.10. The van der Waals surface area contributed by atoms with Gasteiger partial charge in [0.1, 0.15) is 12.7 Å². The average molecular weight is 348 g/mol. The Hall–Kier alpha value is -2.20. The predicted octanol–water partition coefficient (Wildman–Crippen LogP) is -0.938. The Bertz CT molecular complexity index is 502. The van der Waals surface area contributed by atoms with E-state index in [0.29, 0.717) is 0 Å². The van der Waals surface area contributed by atoms with Crippen molar-refractivity contribution in [3.8, 4) is 0 Å². The summed E-state index contributed by atoms with van der Waals surface area (Å²) >= 11 is 0. The molecule has 5 atom stereocenters. The van der Waals surface area contributed by atoms with Crippen molar-refractivity contribution < 1.29 is 48.0 Å². The molecule has 0 bridgehead atoms. The highest BCUT2D eigenvalue weighted by molar-refractivity contribution is 5.68. The molecule has 1 saturated heterocycles. The molecule has 24 heavy (non-hydrogen) atoms. The first-order valence-corrected chi connectivity index (χ1v) is 7.10. The molecule has 0 saturated carbocycles. The van der Waals surface area contributed by atoms with Gasteiger partial charge in [0.2, 0.25) is 0 Å². The van der Waals surface area contributed by atoms with E-state index in [1.165, 1.54) is 0 Å². The summed E-state index contributed by atoms with van der Waals surface area (Å²) in [6, 6.07) is 0. The van der Waals surface area contributed by atoms with Crippen LogP contribution in [0.2, 0.25) is 0 Å². The van der Waals surface area contributed by atoms with Gasteiger partial charge in [0.25, 0.3) is 0 Å². The molecular weight excluding hydrogens is 328 g/mol. The lowest BCUT2D eigenvalue weighted by Gasteiger charge is -2.27. The van der Waals surface area contributed by atoms with Crippen molar-refractivity contribution in [1.82, 2.24) is 0 Å². The number of aliphatic hydroxyl groups is 1. The number of hydrogen-bond donors (Lipinski definition) is 1. The minimum atomic E-state index is -1.61. The van der Waals surface area contributed by atoms with E-state index in [1.807, 2.05) is 0 Å². The van der Waals surface area contributed by atoms with Crippen molar-refractivity contribution in [2.45, 2.75) is 58.4 Å². The lowest BCUT2D eigenvalue weighted by Crippen LogP contribution is -2.46. The molecule has 1 heterocycles. The maximum atomic E-state index is 11.3. The van der Waals surface area contributed by atoms with Crippen LogP contribution in [-0.4, -0.2) is 66.3 Å². The first kappa shape index (κ1) is 19.8. The fraction of sp³-hybridized carbons (Fsp3) is 0.714. The van der Waals surface area contributed by atoms with Crippen molar-refractivity contribution in [3.05, 3.63) is 0 Å². The van der Waals surface area contributed by atoms with Crippen LogP contribution in [-0.2, 0) is 42.9 Å². The lowest BCUT2D eigenvalue weighted by atomic mass is 10.1. The second-order valence-corrected chi connectivity index (χ2v) is 5.09. The number of rotatable bonds is 6. The number of hydrogen-bond acceptors (Lipinski definition) is 10. The normalized spacial score (nSPS) is 27.0. The molecule has 1 rings (SSSR count). The Kier molecular flexibility index (Phi) is 7.11.